The zero-order valence-corrected chi connectivity index (χ0v) is 11.4. The molecule has 0 bridgehead atoms. The highest BCUT2D eigenvalue weighted by molar-refractivity contribution is 6.30. The van der Waals surface area contributed by atoms with E-state index in [0.717, 1.165) is 24.4 Å². The molecule has 1 heterocycles. The van der Waals surface area contributed by atoms with Crippen molar-refractivity contribution in [3.63, 3.8) is 0 Å². The van der Waals surface area contributed by atoms with Crippen LogP contribution in [-0.2, 0) is 6.54 Å². The number of aromatic nitrogens is 1. The average molecular weight is 263 g/mol. The average Bonchev–Trinajstić information content (AvgIpc) is 2.78. The molecule has 2 aromatic rings. The van der Waals surface area contributed by atoms with Gasteiger partial charge in [-0.25, -0.2) is 0 Å². The normalized spacial score (nSPS) is 12.6. The molecule has 2 N–H and O–H groups in total. The molecule has 0 aliphatic heterocycles. The molecule has 3 heteroatoms. The number of halogens is 1. The van der Waals surface area contributed by atoms with E-state index in [1.165, 1.54) is 11.1 Å². The van der Waals surface area contributed by atoms with Crippen LogP contribution in [0, 0.1) is 0 Å². The lowest BCUT2D eigenvalue weighted by atomic mass is 10.1. The summed E-state index contributed by atoms with van der Waals surface area (Å²) in [6, 6.07) is 10.2. The summed E-state index contributed by atoms with van der Waals surface area (Å²) < 4.78 is 2.15. The first-order valence-corrected chi connectivity index (χ1v) is 6.72. The third kappa shape index (κ3) is 3.37. The first-order valence-electron chi connectivity index (χ1n) is 6.34. The molecule has 0 spiro atoms. The Kier molecular flexibility index (Phi) is 4.45. The van der Waals surface area contributed by atoms with Crippen molar-refractivity contribution in [3.05, 3.63) is 58.9 Å². The Labute approximate surface area is 113 Å². The quantitative estimate of drug-likeness (QED) is 0.868. The maximum Gasteiger partial charge on any atom is 0.0470 e. The molecule has 0 amide bonds. The highest BCUT2D eigenvalue weighted by Crippen LogP contribution is 2.17. The van der Waals surface area contributed by atoms with Gasteiger partial charge in [0.05, 0.1) is 0 Å². The highest BCUT2D eigenvalue weighted by Gasteiger charge is 2.06. The number of rotatable bonds is 5. The van der Waals surface area contributed by atoms with Gasteiger partial charge < -0.3 is 10.3 Å². The first-order chi connectivity index (χ1) is 8.69. The zero-order valence-electron chi connectivity index (χ0n) is 10.6. The zero-order chi connectivity index (χ0) is 13.0. The van der Waals surface area contributed by atoms with Crippen LogP contribution in [0.15, 0.2) is 42.7 Å². The first kappa shape index (κ1) is 13.2. The minimum absolute atomic E-state index is 0.149. The second-order valence-electron chi connectivity index (χ2n) is 4.64. The number of hydrogen-bond acceptors (Lipinski definition) is 1. The summed E-state index contributed by atoms with van der Waals surface area (Å²) in [6.07, 6.45) is 6.34. The molecule has 0 aliphatic rings. The number of benzene rings is 1. The van der Waals surface area contributed by atoms with Crippen LogP contribution in [-0.4, -0.2) is 4.57 Å². The van der Waals surface area contributed by atoms with Gasteiger partial charge in [0.2, 0.25) is 0 Å². The van der Waals surface area contributed by atoms with E-state index >= 15 is 0 Å². The van der Waals surface area contributed by atoms with E-state index in [-0.39, 0.29) is 6.04 Å². The van der Waals surface area contributed by atoms with E-state index in [9.17, 15) is 0 Å². The minimum Gasteiger partial charge on any atom is -0.350 e. The monoisotopic (exact) mass is 262 g/mol. The predicted molar refractivity (Wildman–Crippen MR) is 76.8 cm³/mol. The van der Waals surface area contributed by atoms with E-state index in [2.05, 4.69) is 36.0 Å². The summed E-state index contributed by atoms with van der Waals surface area (Å²) in [5.74, 6) is 0. The molecular weight excluding hydrogens is 244 g/mol. The summed E-state index contributed by atoms with van der Waals surface area (Å²) >= 11 is 5.98. The van der Waals surface area contributed by atoms with Crippen LogP contribution in [0.4, 0.5) is 0 Å². The lowest BCUT2D eigenvalue weighted by molar-refractivity contribution is 0.636. The van der Waals surface area contributed by atoms with Crippen LogP contribution in [0.3, 0.4) is 0 Å². The van der Waals surface area contributed by atoms with Gasteiger partial charge in [0, 0.05) is 30.0 Å². The Hall–Kier alpha value is -1.25. The van der Waals surface area contributed by atoms with Crippen LogP contribution >= 0.6 is 11.6 Å². The van der Waals surface area contributed by atoms with E-state index in [4.69, 9.17) is 17.3 Å². The van der Waals surface area contributed by atoms with Crippen LogP contribution in [0.2, 0.25) is 5.02 Å². The van der Waals surface area contributed by atoms with Gasteiger partial charge in [0.25, 0.3) is 0 Å². The second-order valence-corrected chi connectivity index (χ2v) is 5.08. The molecule has 2 rings (SSSR count). The minimum atomic E-state index is 0.149. The van der Waals surface area contributed by atoms with Crippen molar-refractivity contribution in [2.75, 3.05) is 0 Å². The molecule has 1 aromatic heterocycles. The lowest BCUT2D eigenvalue weighted by Crippen LogP contribution is -2.08. The van der Waals surface area contributed by atoms with Crippen molar-refractivity contribution in [2.45, 2.75) is 32.4 Å². The van der Waals surface area contributed by atoms with Crippen molar-refractivity contribution in [1.29, 1.82) is 0 Å². The maximum atomic E-state index is 6.10. The fourth-order valence-corrected chi connectivity index (χ4v) is 2.31. The molecule has 1 atom stereocenters. The van der Waals surface area contributed by atoms with Gasteiger partial charge in [-0.3, -0.25) is 0 Å². The third-order valence-corrected chi connectivity index (χ3v) is 3.29. The van der Waals surface area contributed by atoms with Crippen molar-refractivity contribution in [3.8, 4) is 0 Å². The Morgan fingerprint density at radius 2 is 2.17 bits per heavy atom. The van der Waals surface area contributed by atoms with E-state index < -0.39 is 0 Å². The predicted octanol–water partition coefficient (Wildman–Crippen LogP) is 3.99. The Morgan fingerprint density at radius 1 is 1.33 bits per heavy atom. The van der Waals surface area contributed by atoms with Crippen molar-refractivity contribution >= 4 is 11.6 Å². The molecule has 18 heavy (non-hydrogen) atoms. The molecule has 0 radical (unpaired) electrons. The molecule has 1 unspecified atom stereocenters. The van der Waals surface area contributed by atoms with Gasteiger partial charge in [0.1, 0.15) is 0 Å². The Bertz CT molecular complexity index is 505. The van der Waals surface area contributed by atoms with Gasteiger partial charge in [-0.1, -0.05) is 37.1 Å². The SMILES string of the molecule is CCCC(N)c1ccn(Cc2cccc(Cl)c2)c1. The molecule has 0 fully saturated rings. The van der Waals surface area contributed by atoms with Crippen molar-refractivity contribution < 1.29 is 0 Å². The lowest BCUT2D eigenvalue weighted by Gasteiger charge is -2.08. The van der Waals surface area contributed by atoms with E-state index in [0.29, 0.717) is 0 Å². The van der Waals surface area contributed by atoms with Crippen LogP contribution < -0.4 is 5.73 Å². The molecule has 0 saturated carbocycles. The van der Waals surface area contributed by atoms with Crippen LogP contribution in [0.1, 0.15) is 36.9 Å². The largest absolute Gasteiger partial charge is 0.350 e. The number of nitrogens with zero attached hydrogens (tertiary/aromatic N) is 1. The summed E-state index contributed by atoms with van der Waals surface area (Å²) in [4.78, 5) is 0. The standard InChI is InChI=1S/C15H19ClN2/c1-2-4-15(17)13-7-8-18(11-13)10-12-5-3-6-14(16)9-12/h3,5-9,11,15H,2,4,10,17H2,1H3. The summed E-state index contributed by atoms with van der Waals surface area (Å²) in [5, 5.41) is 0.780. The van der Waals surface area contributed by atoms with Crippen molar-refractivity contribution in [2.24, 2.45) is 5.73 Å². The fraction of sp³-hybridized carbons (Fsp3) is 0.333. The molecule has 0 aliphatic carbocycles. The fourth-order valence-electron chi connectivity index (χ4n) is 2.10. The molecule has 96 valence electrons. The van der Waals surface area contributed by atoms with Crippen LogP contribution in [0.5, 0.6) is 0 Å². The Balaban J connectivity index is 2.06. The summed E-state index contributed by atoms with van der Waals surface area (Å²) in [7, 11) is 0. The van der Waals surface area contributed by atoms with Crippen LogP contribution in [0.25, 0.3) is 0 Å². The van der Waals surface area contributed by atoms with Gasteiger partial charge in [0.15, 0.2) is 0 Å². The second kappa shape index (κ2) is 6.07. The van der Waals surface area contributed by atoms with Gasteiger partial charge in [-0.15, -0.1) is 0 Å². The van der Waals surface area contributed by atoms with E-state index in [1.54, 1.807) is 0 Å². The molecule has 1 aromatic carbocycles. The van der Waals surface area contributed by atoms with Gasteiger partial charge >= 0.3 is 0 Å². The summed E-state index contributed by atoms with van der Waals surface area (Å²) in [5.41, 5.74) is 8.51. The molecular formula is C15H19ClN2. The Morgan fingerprint density at radius 3 is 2.89 bits per heavy atom. The smallest absolute Gasteiger partial charge is 0.0470 e. The van der Waals surface area contributed by atoms with Crippen molar-refractivity contribution in [1.82, 2.24) is 4.57 Å². The molecule has 0 saturated heterocycles. The number of hydrogen-bond donors (Lipinski definition) is 1. The number of nitrogens with two attached hydrogens (primary N) is 1. The van der Waals surface area contributed by atoms with Gasteiger partial charge in [-0.2, -0.15) is 0 Å². The maximum absolute atomic E-state index is 6.10. The highest BCUT2D eigenvalue weighted by atomic mass is 35.5. The van der Waals surface area contributed by atoms with E-state index in [1.807, 2.05) is 18.2 Å². The topological polar surface area (TPSA) is 30.9 Å². The summed E-state index contributed by atoms with van der Waals surface area (Å²) in [6.45, 7) is 2.99. The van der Waals surface area contributed by atoms with Gasteiger partial charge in [-0.05, 0) is 35.7 Å². The third-order valence-electron chi connectivity index (χ3n) is 3.06. The molecule has 2 nitrogen and oxygen atoms in total.